The first-order chi connectivity index (χ1) is 14.6. The van der Waals surface area contributed by atoms with Crippen LogP contribution in [0.15, 0.2) is 72.8 Å². The zero-order valence-corrected chi connectivity index (χ0v) is 16.2. The van der Waals surface area contributed by atoms with Crippen molar-refractivity contribution in [3.05, 3.63) is 83.9 Å². The van der Waals surface area contributed by atoms with Crippen molar-refractivity contribution >= 4 is 23.2 Å². The molecule has 0 aliphatic carbocycles. The molecule has 0 atom stereocenters. The minimum absolute atomic E-state index is 0.297. The lowest BCUT2D eigenvalue weighted by Gasteiger charge is -2.13. The summed E-state index contributed by atoms with van der Waals surface area (Å²) in [4.78, 5) is 25.0. The molecule has 0 spiro atoms. The van der Waals surface area contributed by atoms with Crippen molar-refractivity contribution in [3.8, 4) is 17.6 Å². The number of carbonyl (C=O) groups excluding carboxylic acids is 2. The molecule has 30 heavy (non-hydrogen) atoms. The number of carbonyl (C=O) groups is 2. The van der Waals surface area contributed by atoms with Gasteiger partial charge in [0.1, 0.15) is 17.6 Å². The van der Waals surface area contributed by atoms with Crippen LogP contribution in [0.1, 0.15) is 15.9 Å². The molecule has 2 amide bonds. The summed E-state index contributed by atoms with van der Waals surface area (Å²) in [5.74, 6) is 0.0997. The monoisotopic (exact) mass is 401 g/mol. The molecule has 7 heteroatoms. The fourth-order valence-electron chi connectivity index (χ4n) is 2.70. The van der Waals surface area contributed by atoms with E-state index in [1.54, 1.807) is 79.9 Å². The molecule has 0 heterocycles. The van der Waals surface area contributed by atoms with Gasteiger partial charge in [0.05, 0.1) is 23.9 Å². The summed E-state index contributed by atoms with van der Waals surface area (Å²) in [6.07, 6.45) is 0. The molecule has 0 aromatic heterocycles. The molecule has 3 aromatic rings. The van der Waals surface area contributed by atoms with Crippen LogP contribution in [0.2, 0.25) is 0 Å². The number of nitriles is 1. The maximum atomic E-state index is 12.7. The van der Waals surface area contributed by atoms with Crippen LogP contribution in [0.5, 0.6) is 11.5 Å². The Balaban J connectivity index is 1.67. The molecule has 0 saturated heterocycles. The number of amides is 2. The van der Waals surface area contributed by atoms with Crippen molar-refractivity contribution in [3.63, 3.8) is 0 Å². The third kappa shape index (κ3) is 5.14. The summed E-state index contributed by atoms with van der Waals surface area (Å²) < 4.78 is 10.6. The van der Waals surface area contributed by atoms with Crippen LogP contribution in [-0.2, 0) is 4.79 Å². The van der Waals surface area contributed by atoms with Gasteiger partial charge in [0.15, 0.2) is 6.61 Å². The SMILES string of the molecule is COc1cccc(NC(=O)c2ccccc2NC(=O)COc2ccccc2C#N)c1. The van der Waals surface area contributed by atoms with E-state index in [9.17, 15) is 9.59 Å². The van der Waals surface area contributed by atoms with E-state index in [4.69, 9.17) is 14.7 Å². The summed E-state index contributed by atoms with van der Waals surface area (Å²) in [7, 11) is 1.54. The predicted molar refractivity (Wildman–Crippen MR) is 113 cm³/mol. The van der Waals surface area contributed by atoms with E-state index in [1.165, 1.54) is 0 Å². The average Bonchev–Trinajstić information content (AvgIpc) is 2.78. The lowest BCUT2D eigenvalue weighted by Crippen LogP contribution is -2.23. The van der Waals surface area contributed by atoms with Gasteiger partial charge in [-0.1, -0.05) is 30.3 Å². The van der Waals surface area contributed by atoms with Crippen molar-refractivity contribution in [2.75, 3.05) is 24.4 Å². The molecule has 7 nitrogen and oxygen atoms in total. The van der Waals surface area contributed by atoms with E-state index < -0.39 is 5.91 Å². The maximum absolute atomic E-state index is 12.7. The molecule has 0 fully saturated rings. The van der Waals surface area contributed by atoms with Gasteiger partial charge in [-0.3, -0.25) is 9.59 Å². The van der Waals surface area contributed by atoms with Crippen LogP contribution < -0.4 is 20.1 Å². The third-order valence-electron chi connectivity index (χ3n) is 4.14. The van der Waals surface area contributed by atoms with Gasteiger partial charge >= 0.3 is 0 Å². The van der Waals surface area contributed by atoms with Gasteiger partial charge in [-0.25, -0.2) is 0 Å². The molecule has 0 saturated carbocycles. The fourth-order valence-corrected chi connectivity index (χ4v) is 2.70. The highest BCUT2D eigenvalue weighted by atomic mass is 16.5. The molecule has 0 radical (unpaired) electrons. The van der Waals surface area contributed by atoms with Crippen LogP contribution in [-0.4, -0.2) is 25.5 Å². The van der Waals surface area contributed by atoms with E-state index >= 15 is 0 Å². The number of hydrogen-bond acceptors (Lipinski definition) is 5. The number of rotatable bonds is 7. The van der Waals surface area contributed by atoms with Crippen molar-refractivity contribution in [1.29, 1.82) is 5.26 Å². The first kappa shape index (κ1) is 20.4. The molecule has 150 valence electrons. The van der Waals surface area contributed by atoms with E-state index in [0.29, 0.717) is 34.0 Å². The van der Waals surface area contributed by atoms with Crippen LogP contribution in [0.3, 0.4) is 0 Å². The van der Waals surface area contributed by atoms with Crippen LogP contribution in [0, 0.1) is 11.3 Å². The van der Waals surface area contributed by atoms with Gasteiger partial charge in [-0.05, 0) is 36.4 Å². The summed E-state index contributed by atoms with van der Waals surface area (Å²) in [5, 5.41) is 14.5. The van der Waals surface area contributed by atoms with Crippen LogP contribution in [0.4, 0.5) is 11.4 Å². The van der Waals surface area contributed by atoms with E-state index in [-0.39, 0.29) is 12.5 Å². The second-order valence-electron chi connectivity index (χ2n) is 6.18. The van der Waals surface area contributed by atoms with E-state index in [2.05, 4.69) is 10.6 Å². The van der Waals surface area contributed by atoms with Crippen LogP contribution >= 0.6 is 0 Å². The smallest absolute Gasteiger partial charge is 0.262 e. The number of hydrogen-bond donors (Lipinski definition) is 2. The Labute approximate surface area is 173 Å². The molecule has 3 rings (SSSR count). The molecule has 2 N–H and O–H groups in total. The van der Waals surface area contributed by atoms with Gasteiger partial charge in [0.2, 0.25) is 0 Å². The molecule has 3 aromatic carbocycles. The Morgan fingerprint density at radius 1 is 0.967 bits per heavy atom. The largest absolute Gasteiger partial charge is 0.497 e. The summed E-state index contributed by atoms with van der Waals surface area (Å²) >= 11 is 0. The highest BCUT2D eigenvalue weighted by Gasteiger charge is 2.14. The Bertz CT molecular complexity index is 1110. The Hall–Kier alpha value is -4.31. The minimum Gasteiger partial charge on any atom is -0.497 e. The van der Waals surface area contributed by atoms with Crippen molar-refractivity contribution < 1.29 is 19.1 Å². The van der Waals surface area contributed by atoms with Crippen molar-refractivity contribution in [1.82, 2.24) is 0 Å². The van der Waals surface area contributed by atoms with Crippen molar-refractivity contribution in [2.24, 2.45) is 0 Å². The fraction of sp³-hybridized carbons (Fsp3) is 0.0870. The van der Waals surface area contributed by atoms with E-state index in [1.807, 2.05) is 6.07 Å². The van der Waals surface area contributed by atoms with Gasteiger partial charge in [0, 0.05) is 11.8 Å². The highest BCUT2D eigenvalue weighted by molar-refractivity contribution is 6.10. The first-order valence-corrected chi connectivity index (χ1v) is 9.07. The lowest BCUT2D eigenvalue weighted by molar-refractivity contribution is -0.118. The zero-order valence-electron chi connectivity index (χ0n) is 16.2. The topological polar surface area (TPSA) is 100 Å². The summed E-state index contributed by atoms with van der Waals surface area (Å²) in [6, 6.07) is 22.3. The lowest BCUT2D eigenvalue weighted by atomic mass is 10.1. The number of para-hydroxylation sites is 2. The highest BCUT2D eigenvalue weighted by Crippen LogP contribution is 2.21. The summed E-state index contributed by atoms with van der Waals surface area (Å²) in [6.45, 7) is -0.301. The Morgan fingerprint density at radius 3 is 2.53 bits per heavy atom. The number of anilines is 2. The Kier molecular flexibility index (Phi) is 6.64. The quantitative estimate of drug-likeness (QED) is 0.627. The standard InChI is InChI=1S/C23H19N3O4/c1-29-18-9-6-8-17(13-18)25-23(28)19-10-3-4-11-20(19)26-22(27)15-30-21-12-5-2-7-16(21)14-24/h2-13H,15H2,1H3,(H,25,28)(H,26,27). The molecular formula is C23H19N3O4. The molecule has 0 aliphatic heterocycles. The maximum Gasteiger partial charge on any atom is 0.262 e. The number of benzene rings is 3. The van der Waals surface area contributed by atoms with E-state index in [0.717, 1.165) is 0 Å². The number of methoxy groups -OCH3 is 1. The Morgan fingerprint density at radius 2 is 1.73 bits per heavy atom. The average molecular weight is 401 g/mol. The number of nitrogens with one attached hydrogen (secondary N) is 2. The molecule has 0 unspecified atom stereocenters. The zero-order chi connectivity index (χ0) is 21.3. The third-order valence-corrected chi connectivity index (χ3v) is 4.14. The van der Waals surface area contributed by atoms with Gasteiger partial charge < -0.3 is 20.1 Å². The second kappa shape index (κ2) is 9.75. The minimum atomic E-state index is -0.454. The normalized spacial score (nSPS) is 9.87. The van der Waals surface area contributed by atoms with Gasteiger partial charge in [-0.2, -0.15) is 5.26 Å². The molecular weight excluding hydrogens is 382 g/mol. The first-order valence-electron chi connectivity index (χ1n) is 9.07. The summed E-state index contributed by atoms with van der Waals surface area (Å²) in [5.41, 5.74) is 1.55. The van der Waals surface area contributed by atoms with Crippen LogP contribution in [0.25, 0.3) is 0 Å². The van der Waals surface area contributed by atoms with Gasteiger partial charge in [0.25, 0.3) is 11.8 Å². The molecule has 0 aliphatic rings. The second-order valence-corrected chi connectivity index (χ2v) is 6.18. The number of ether oxygens (including phenoxy) is 2. The molecule has 0 bridgehead atoms. The van der Waals surface area contributed by atoms with Crippen molar-refractivity contribution in [2.45, 2.75) is 0 Å². The van der Waals surface area contributed by atoms with Gasteiger partial charge in [-0.15, -0.1) is 0 Å². The number of nitrogens with zero attached hydrogens (tertiary/aromatic N) is 1. The predicted octanol–water partition coefficient (Wildman–Crippen LogP) is 3.84.